The zero-order valence-electron chi connectivity index (χ0n) is 13.4. The van der Waals surface area contributed by atoms with Gasteiger partial charge in [0.1, 0.15) is 0 Å². The van der Waals surface area contributed by atoms with E-state index in [1.807, 2.05) is 49.4 Å². The number of hydrogen-bond acceptors (Lipinski definition) is 2. The molecule has 1 heterocycles. The second-order valence-corrected chi connectivity index (χ2v) is 6.95. The van der Waals surface area contributed by atoms with Crippen molar-refractivity contribution in [3.8, 4) is 0 Å². The maximum Gasteiger partial charge on any atom is 0.227 e. The topological polar surface area (TPSA) is 58.2 Å². The summed E-state index contributed by atoms with van der Waals surface area (Å²) in [5, 5.41) is 5.81. The number of rotatable bonds is 4. The number of carbonyl (C=O) groups is 2. The van der Waals surface area contributed by atoms with Crippen LogP contribution in [0.25, 0.3) is 0 Å². The molecule has 4 nitrogen and oxygen atoms in total. The number of fused-ring (bicyclic) bond motifs is 1. The van der Waals surface area contributed by atoms with Crippen molar-refractivity contribution in [3.05, 3.63) is 58.1 Å². The van der Waals surface area contributed by atoms with Gasteiger partial charge in [-0.1, -0.05) is 34.1 Å². The van der Waals surface area contributed by atoms with Crippen molar-refractivity contribution in [2.45, 2.75) is 26.2 Å². The van der Waals surface area contributed by atoms with E-state index < -0.39 is 0 Å². The van der Waals surface area contributed by atoms with E-state index in [1.165, 1.54) is 0 Å². The summed E-state index contributed by atoms with van der Waals surface area (Å²) >= 11 is 3.44. The first-order valence-corrected chi connectivity index (χ1v) is 8.77. The molecule has 1 aliphatic heterocycles. The van der Waals surface area contributed by atoms with E-state index in [-0.39, 0.29) is 17.7 Å². The fourth-order valence-electron chi connectivity index (χ4n) is 2.90. The van der Waals surface area contributed by atoms with Crippen LogP contribution in [0.5, 0.6) is 0 Å². The van der Waals surface area contributed by atoms with Gasteiger partial charge in [0.2, 0.25) is 11.8 Å². The number of benzene rings is 2. The predicted octanol–water partition coefficient (Wildman–Crippen LogP) is 4.29. The minimum absolute atomic E-state index is 0.000913. The van der Waals surface area contributed by atoms with E-state index in [2.05, 4.69) is 26.6 Å². The van der Waals surface area contributed by atoms with Crippen LogP contribution in [0, 0.1) is 12.8 Å². The monoisotopic (exact) mass is 386 g/mol. The van der Waals surface area contributed by atoms with Gasteiger partial charge in [0.15, 0.2) is 0 Å². The lowest BCUT2D eigenvalue weighted by atomic mass is 9.89. The van der Waals surface area contributed by atoms with Gasteiger partial charge >= 0.3 is 0 Å². The Morgan fingerprint density at radius 3 is 2.88 bits per heavy atom. The third kappa shape index (κ3) is 3.85. The van der Waals surface area contributed by atoms with Crippen molar-refractivity contribution >= 4 is 39.1 Å². The number of aryl methyl sites for hydroxylation is 1. The zero-order chi connectivity index (χ0) is 17.1. The van der Waals surface area contributed by atoms with Gasteiger partial charge in [0.25, 0.3) is 0 Å². The molecule has 2 amide bonds. The third-order valence-electron chi connectivity index (χ3n) is 4.27. The van der Waals surface area contributed by atoms with E-state index in [0.717, 1.165) is 27.0 Å². The quantitative estimate of drug-likeness (QED) is 0.823. The first kappa shape index (κ1) is 16.7. The fourth-order valence-corrected chi connectivity index (χ4v) is 3.14. The van der Waals surface area contributed by atoms with E-state index in [0.29, 0.717) is 19.3 Å². The molecule has 0 fully saturated rings. The lowest BCUT2D eigenvalue weighted by Crippen LogP contribution is -2.30. The highest BCUT2D eigenvalue weighted by molar-refractivity contribution is 9.10. The molecule has 0 radical (unpaired) electrons. The Balaban J connectivity index is 1.56. The molecule has 124 valence electrons. The molecule has 0 aromatic heterocycles. The molecule has 24 heavy (non-hydrogen) atoms. The zero-order valence-corrected chi connectivity index (χ0v) is 15.0. The number of halogens is 1. The molecule has 0 saturated heterocycles. The number of nitrogens with one attached hydrogen (secondary N) is 2. The Kier molecular flexibility index (Phi) is 5.00. The van der Waals surface area contributed by atoms with E-state index in [9.17, 15) is 9.59 Å². The summed E-state index contributed by atoms with van der Waals surface area (Å²) in [7, 11) is 0. The Labute approximate surface area is 149 Å². The van der Waals surface area contributed by atoms with Crippen LogP contribution >= 0.6 is 15.9 Å². The molecular formula is C19H19BrN2O2. The molecule has 5 heteroatoms. The average molecular weight is 387 g/mol. The molecule has 1 unspecified atom stereocenters. The van der Waals surface area contributed by atoms with Crippen LogP contribution in [0.1, 0.15) is 24.0 Å². The highest BCUT2D eigenvalue weighted by Gasteiger charge is 2.26. The first-order chi connectivity index (χ1) is 11.5. The SMILES string of the molecule is Cc1cc(NC(=O)CCC2Cc3ccccc3NC2=O)ccc1Br. The largest absolute Gasteiger partial charge is 0.326 e. The lowest BCUT2D eigenvalue weighted by Gasteiger charge is -2.24. The van der Waals surface area contributed by atoms with Gasteiger partial charge in [-0.25, -0.2) is 0 Å². The van der Waals surface area contributed by atoms with Crippen LogP contribution in [-0.4, -0.2) is 11.8 Å². The summed E-state index contributed by atoms with van der Waals surface area (Å²) in [6.45, 7) is 1.98. The molecule has 1 aliphatic rings. The minimum Gasteiger partial charge on any atom is -0.326 e. The molecule has 2 N–H and O–H groups in total. The summed E-state index contributed by atoms with van der Waals surface area (Å²) in [6, 6.07) is 13.5. The van der Waals surface area contributed by atoms with Crippen LogP contribution in [0.2, 0.25) is 0 Å². The highest BCUT2D eigenvalue weighted by atomic mass is 79.9. The van der Waals surface area contributed by atoms with Crippen LogP contribution < -0.4 is 10.6 Å². The van der Waals surface area contributed by atoms with Crippen molar-refractivity contribution in [2.24, 2.45) is 5.92 Å². The molecule has 0 spiro atoms. The normalized spacial score (nSPS) is 16.2. The number of hydrogen-bond donors (Lipinski definition) is 2. The third-order valence-corrected chi connectivity index (χ3v) is 5.16. The summed E-state index contributed by atoms with van der Waals surface area (Å²) in [4.78, 5) is 24.3. The molecule has 0 saturated carbocycles. The Bertz CT molecular complexity index is 789. The Morgan fingerprint density at radius 2 is 2.08 bits per heavy atom. The van der Waals surface area contributed by atoms with E-state index in [4.69, 9.17) is 0 Å². The molecule has 2 aromatic carbocycles. The van der Waals surface area contributed by atoms with Crippen LogP contribution in [0.15, 0.2) is 46.9 Å². The van der Waals surface area contributed by atoms with Gasteiger partial charge in [-0.3, -0.25) is 9.59 Å². The number of para-hydroxylation sites is 1. The Hall–Kier alpha value is -2.14. The number of carbonyl (C=O) groups excluding carboxylic acids is 2. The van der Waals surface area contributed by atoms with Crippen LogP contribution in [0.4, 0.5) is 11.4 Å². The molecule has 2 aromatic rings. The number of amides is 2. The van der Waals surface area contributed by atoms with Crippen LogP contribution in [-0.2, 0) is 16.0 Å². The summed E-state index contributed by atoms with van der Waals surface area (Å²) in [5.74, 6) is -0.221. The van der Waals surface area contributed by atoms with Gasteiger partial charge in [-0.15, -0.1) is 0 Å². The maximum absolute atomic E-state index is 12.2. The molecule has 0 aliphatic carbocycles. The van der Waals surface area contributed by atoms with Gasteiger partial charge in [-0.2, -0.15) is 0 Å². The second-order valence-electron chi connectivity index (χ2n) is 6.10. The summed E-state index contributed by atoms with van der Waals surface area (Å²) < 4.78 is 1.01. The summed E-state index contributed by atoms with van der Waals surface area (Å²) in [6.07, 6.45) is 1.56. The van der Waals surface area contributed by atoms with Gasteiger partial charge in [0, 0.05) is 28.2 Å². The molecule has 1 atom stereocenters. The lowest BCUT2D eigenvalue weighted by molar-refractivity contribution is -0.121. The van der Waals surface area contributed by atoms with Crippen molar-refractivity contribution in [1.82, 2.24) is 0 Å². The van der Waals surface area contributed by atoms with Gasteiger partial charge < -0.3 is 10.6 Å². The van der Waals surface area contributed by atoms with Crippen LogP contribution in [0.3, 0.4) is 0 Å². The van der Waals surface area contributed by atoms with Crippen molar-refractivity contribution < 1.29 is 9.59 Å². The van der Waals surface area contributed by atoms with Crippen molar-refractivity contribution in [2.75, 3.05) is 10.6 Å². The maximum atomic E-state index is 12.2. The predicted molar refractivity (Wildman–Crippen MR) is 99.0 cm³/mol. The van der Waals surface area contributed by atoms with Gasteiger partial charge in [0.05, 0.1) is 0 Å². The minimum atomic E-state index is -0.155. The van der Waals surface area contributed by atoms with Crippen molar-refractivity contribution in [3.63, 3.8) is 0 Å². The van der Waals surface area contributed by atoms with E-state index in [1.54, 1.807) is 0 Å². The van der Waals surface area contributed by atoms with Crippen molar-refractivity contribution in [1.29, 1.82) is 0 Å². The average Bonchev–Trinajstić information content (AvgIpc) is 2.56. The van der Waals surface area contributed by atoms with Gasteiger partial charge in [-0.05, 0) is 55.2 Å². The smallest absolute Gasteiger partial charge is 0.227 e. The first-order valence-electron chi connectivity index (χ1n) is 7.97. The molecule has 3 rings (SSSR count). The Morgan fingerprint density at radius 1 is 1.29 bits per heavy atom. The molecular weight excluding hydrogens is 368 g/mol. The highest BCUT2D eigenvalue weighted by Crippen LogP contribution is 2.27. The second kappa shape index (κ2) is 7.18. The fraction of sp³-hybridized carbons (Fsp3) is 0.263. The molecule has 0 bridgehead atoms. The standard InChI is InChI=1S/C19H19BrN2O2/c1-12-10-15(7-8-16(12)20)21-18(23)9-6-14-11-13-4-2-3-5-17(13)22-19(14)24/h2-5,7-8,10,14H,6,9,11H2,1H3,(H,21,23)(H,22,24). The summed E-state index contributed by atoms with van der Waals surface area (Å²) in [5.41, 5.74) is 3.86. The number of anilines is 2. The van der Waals surface area contributed by atoms with E-state index >= 15 is 0 Å².